The van der Waals surface area contributed by atoms with Gasteiger partial charge in [0.15, 0.2) is 5.82 Å². The molecule has 2 aromatic heterocycles. The van der Waals surface area contributed by atoms with Gasteiger partial charge in [-0.2, -0.15) is 0 Å². The van der Waals surface area contributed by atoms with Crippen molar-refractivity contribution in [1.82, 2.24) is 15.0 Å². The normalized spacial score (nSPS) is 10.4. The highest BCUT2D eigenvalue weighted by atomic mass is 35.5. The molecular formula is C10H8ClFN4. The molecule has 0 saturated heterocycles. The zero-order valence-corrected chi connectivity index (χ0v) is 8.95. The Morgan fingerprint density at radius 3 is 2.88 bits per heavy atom. The summed E-state index contributed by atoms with van der Waals surface area (Å²) in [4.78, 5) is 11.6. The summed E-state index contributed by atoms with van der Waals surface area (Å²) in [5.74, 6) is -0.191. The molecule has 0 aliphatic carbocycles. The Balaban J connectivity index is 2.59. The van der Waals surface area contributed by atoms with Gasteiger partial charge in [-0.25, -0.2) is 19.3 Å². The summed E-state index contributed by atoms with van der Waals surface area (Å²) in [6, 6.07) is 3.30. The maximum Gasteiger partial charge on any atom is 0.167 e. The number of rotatable bonds is 2. The maximum atomic E-state index is 13.5. The highest BCUT2D eigenvalue weighted by Gasteiger charge is 2.12. The third kappa shape index (κ3) is 2.00. The predicted molar refractivity (Wildman–Crippen MR) is 58.1 cm³/mol. The molecule has 2 aromatic rings. The lowest BCUT2D eigenvalue weighted by Crippen LogP contribution is -2.05. The highest BCUT2D eigenvalue weighted by molar-refractivity contribution is 6.32. The SMILES string of the molecule is NCc1ncc(F)c(-c2cccnc2Cl)n1. The molecular weight excluding hydrogens is 231 g/mol. The standard InChI is InChI=1S/C10H8ClFN4/c11-10-6(2-1-3-14-10)9-7(12)5-15-8(4-13)16-9/h1-3,5H,4,13H2. The number of pyridine rings is 1. The molecule has 0 saturated carbocycles. The van der Waals surface area contributed by atoms with Gasteiger partial charge in [-0.15, -0.1) is 0 Å². The largest absolute Gasteiger partial charge is 0.324 e. The van der Waals surface area contributed by atoms with E-state index in [-0.39, 0.29) is 17.4 Å². The summed E-state index contributed by atoms with van der Waals surface area (Å²) in [5, 5.41) is 0.197. The molecule has 0 aliphatic heterocycles. The second-order valence-electron chi connectivity index (χ2n) is 3.03. The van der Waals surface area contributed by atoms with Crippen molar-refractivity contribution >= 4 is 11.6 Å². The van der Waals surface area contributed by atoms with Gasteiger partial charge in [-0.05, 0) is 12.1 Å². The summed E-state index contributed by atoms with van der Waals surface area (Å²) in [6.07, 6.45) is 2.60. The Kier molecular flexibility index (Phi) is 3.07. The summed E-state index contributed by atoms with van der Waals surface area (Å²) < 4.78 is 13.5. The molecule has 4 nitrogen and oxygen atoms in total. The van der Waals surface area contributed by atoms with Crippen LogP contribution in [-0.4, -0.2) is 15.0 Å². The highest BCUT2D eigenvalue weighted by Crippen LogP contribution is 2.25. The molecule has 0 bridgehead atoms. The fraction of sp³-hybridized carbons (Fsp3) is 0.100. The summed E-state index contributed by atoms with van der Waals surface area (Å²) in [5.41, 5.74) is 5.94. The fourth-order valence-electron chi connectivity index (χ4n) is 1.25. The third-order valence-corrected chi connectivity index (χ3v) is 2.29. The summed E-state index contributed by atoms with van der Waals surface area (Å²) in [7, 11) is 0. The van der Waals surface area contributed by atoms with Crippen LogP contribution in [0.1, 0.15) is 5.82 Å². The van der Waals surface area contributed by atoms with Crippen LogP contribution in [0.4, 0.5) is 4.39 Å². The number of aromatic nitrogens is 3. The first kappa shape index (κ1) is 10.9. The smallest absolute Gasteiger partial charge is 0.167 e. The fourth-order valence-corrected chi connectivity index (χ4v) is 1.46. The van der Waals surface area contributed by atoms with E-state index in [1.54, 1.807) is 12.1 Å². The van der Waals surface area contributed by atoms with Crippen molar-refractivity contribution in [2.24, 2.45) is 5.73 Å². The monoisotopic (exact) mass is 238 g/mol. The van der Waals surface area contributed by atoms with Gasteiger partial charge >= 0.3 is 0 Å². The number of nitrogens with two attached hydrogens (primary N) is 1. The van der Waals surface area contributed by atoms with E-state index < -0.39 is 5.82 Å². The Labute approximate surface area is 96.3 Å². The maximum absolute atomic E-state index is 13.5. The molecule has 16 heavy (non-hydrogen) atoms. The molecule has 0 radical (unpaired) electrons. The van der Waals surface area contributed by atoms with Crippen molar-refractivity contribution in [3.8, 4) is 11.3 Å². The molecule has 82 valence electrons. The van der Waals surface area contributed by atoms with Gasteiger partial charge in [0.05, 0.1) is 12.7 Å². The number of nitrogens with zero attached hydrogens (tertiary/aromatic N) is 3. The van der Waals surface area contributed by atoms with Gasteiger partial charge in [-0.3, -0.25) is 0 Å². The van der Waals surface area contributed by atoms with Gasteiger partial charge in [0.1, 0.15) is 16.7 Å². The average Bonchev–Trinajstić information content (AvgIpc) is 2.31. The number of halogens is 2. The number of hydrogen-bond acceptors (Lipinski definition) is 4. The van der Waals surface area contributed by atoms with Crippen LogP contribution in [0.25, 0.3) is 11.3 Å². The summed E-state index contributed by atoms with van der Waals surface area (Å²) >= 11 is 5.86. The second kappa shape index (κ2) is 4.51. The van der Waals surface area contributed by atoms with Crippen molar-refractivity contribution in [3.05, 3.63) is 41.3 Å². The van der Waals surface area contributed by atoms with Crippen LogP contribution in [0, 0.1) is 5.82 Å². The topological polar surface area (TPSA) is 64.7 Å². The molecule has 0 fully saturated rings. The van der Waals surface area contributed by atoms with E-state index in [1.165, 1.54) is 6.20 Å². The molecule has 0 atom stereocenters. The van der Waals surface area contributed by atoms with E-state index in [1.807, 2.05) is 0 Å². The zero-order valence-electron chi connectivity index (χ0n) is 8.19. The van der Waals surface area contributed by atoms with Crippen LogP contribution in [0.3, 0.4) is 0 Å². The van der Waals surface area contributed by atoms with E-state index in [9.17, 15) is 4.39 Å². The van der Waals surface area contributed by atoms with Gasteiger partial charge in [-0.1, -0.05) is 11.6 Å². The zero-order chi connectivity index (χ0) is 11.5. The average molecular weight is 239 g/mol. The predicted octanol–water partition coefficient (Wildman–Crippen LogP) is 1.79. The van der Waals surface area contributed by atoms with Crippen LogP contribution in [0.5, 0.6) is 0 Å². The molecule has 2 heterocycles. The minimum Gasteiger partial charge on any atom is -0.324 e. The lowest BCUT2D eigenvalue weighted by Gasteiger charge is -2.05. The van der Waals surface area contributed by atoms with Crippen LogP contribution >= 0.6 is 11.6 Å². The Hall–Kier alpha value is -1.59. The van der Waals surface area contributed by atoms with Crippen LogP contribution in [-0.2, 0) is 6.54 Å². The lowest BCUT2D eigenvalue weighted by molar-refractivity contribution is 0.613. The second-order valence-corrected chi connectivity index (χ2v) is 3.39. The van der Waals surface area contributed by atoms with Crippen molar-refractivity contribution in [3.63, 3.8) is 0 Å². The quantitative estimate of drug-likeness (QED) is 0.811. The Morgan fingerprint density at radius 2 is 2.19 bits per heavy atom. The van der Waals surface area contributed by atoms with Crippen LogP contribution < -0.4 is 5.73 Å². The first-order valence-electron chi connectivity index (χ1n) is 4.54. The molecule has 6 heteroatoms. The van der Waals surface area contributed by atoms with Crippen molar-refractivity contribution in [2.45, 2.75) is 6.54 Å². The van der Waals surface area contributed by atoms with Gasteiger partial charge in [0, 0.05) is 11.8 Å². The molecule has 0 aliphatic rings. The Morgan fingerprint density at radius 1 is 1.38 bits per heavy atom. The van der Waals surface area contributed by atoms with E-state index >= 15 is 0 Å². The summed E-state index contributed by atoms with van der Waals surface area (Å²) in [6.45, 7) is 0.144. The van der Waals surface area contributed by atoms with E-state index in [0.29, 0.717) is 11.4 Å². The van der Waals surface area contributed by atoms with Crippen molar-refractivity contribution in [1.29, 1.82) is 0 Å². The van der Waals surface area contributed by atoms with E-state index in [2.05, 4.69) is 15.0 Å². The third-order valence-electron chi connectivity index (χ3n) is 1.99. The van der Waals surface area contributed by atoms with Crippen molar-refractivity contribution in [2.75, 3.05) is 0 Å². The minimum atomic E-state index is -0.549. The van der Waals surface area contributed by atoms with Gasteiger partial charge in [0.25, 0.3) is 0 Å². The van der Waals surface area contributed by atoms with Crippen molar-refractivity contribution < 1.29 is 4.39 Å². The molecule has 2 N–H and O–H groups in total. The lowest BCUT2D eigenvalue weighted by atomic mass is 10.2. The van der Waals surface area contributed by atoms with Gasteiger partial charge in [0.2, 0.25) is 0 Å². The number of hydrogen-bond donors (Lipinski definition) is 1. The van der Waals surface area contributed by atoms with Gasteiger partial charge < -0.3 is 5.73 Å². The molecule has 2 rings (SSSR count). The molecule has 0 unspecified atom stereocenters. The van der Waals surface area contributed by atoms with E-state index in [4.69, 9.17) is 17.3 Å². The molecule has 0 aromatic carbocycles. The first-order chi connectivity index (χ1) is 7.72. The molecule has 0 spiro atoms. The first-order valence-corrected chi connectivity index (χ1v) is 4.92. The molecule has 0 amide bonds. The Bertz CT molecular complexity index is 518. The minimum absolute atomic E-state index is 0.119. The van der Waals surface area contributed by atoms with E-state index in [0.717, 1.165) is 6.20 Å². The van der Waals surface area contributed by atoms with Crippen LogP contribution in [0.2, 0.25) is 5.15 Å². The van der Waals surface area contributed by atoms with Crippen LogP contribution in [0.15, 0.2) is 24.5 Å².